The highest BCUT2D eigenvalue weighted by atomic mass is 35.5. The fraction of sp³-hybridized carbons (Fsp3) is 0.333. The Morgan fingerprint density at radius 2 is 2.10 bits per heavy atom. The molecule has 7 nitrogen and oxygen atoms in total. The predicted molar refractivity (Wildman–Crippen MR) is 77.3 cm³/mol. The normalized spacial score (nSPS) is 11.8. The second-order valence-electron chi connectivity index (χ2n) is 4.35. The Kier molecular flexibility index (Phi) is 4.94. The standard InChI is InChI=1S/C12H15ClN4O3S/c1-8-16-12(20-17-8)7-15-21(18,19)11-5-9(6-14-2)3-4-10(11)13/h3-5,14-15H,6-7H2,1-2H3. The number of aryl methyl sites for hydroxylation is 1. The quantitative estimate of drug-likeness (QED) is 0.826. The van der Waals surface area contributed by atoms with E-state index in [2.05, 4.69) is 20.2 Å². The lowest BCUT2D eigenvalue weighted by atomic mass is 10.2. The van der Waals surface area contributed by atoms with Crippen molar-refractivity contribution in [3.05, 3.63) is 40.5 Å². The van der Waals surface area contributed by atoms with Gasteiger partial charge in [0.1, 0.15) is 4.90 Å². The molecule has 0 spiro atoms. The number of sulfonamides is 1. The van der Waals surface area contributed by atoms with Gasteiger partial charge in [0.2, 0.25) is 15.9 Å². The summed E-state index contributed by atoms with van der Waals surface area (Å²) in [6, 6.07) is 4.85. The Morgan fingerprint density at radius 3 is 2.71 bits per heavy atom. The molecule has 2 N–H and O–H groups in total. The average molecular weight is 331 g/mol. The molecule has 0 radical (unpaired) electrons. The summed E-state index contributed by atoms with van der Waals surface area (Å²) in [5.41, 5.74) is 0.816. The van der Waals surface area contributed by atoms with Crippen molar-refractivity contribution in [2.45, 2.75) is 24.9 Å². The maximum Gasteiger partial charge on any atom is 0.242 e. The van der Waals surface area contributed by atoms with Gasteiger partial charge in [-0.3, -0.25) is 0 Å². The highest BCUT2D eigenvalue weighted by Gasteiger charge is 2.19. The third-order valence-corrected chi connectivity index (χ3v) is 4.53. The number of halogens is 1. The van der Waals surface area contributed by atoms with Crippen molar-refractivity contribution in [1.82, 2.24) is 20.2 Å². The number of rotatable bonds is 6. The minimum absolute atomic E-state index is 0.0214. The Balaban J connectivity index is 2.20. The Bertz CT molecular complexity index is 730. The molecule has 2 aromatic rings. The van der Waals surface area contributed by atoms with E-state index in [9.17, 15) is 8.42 Å². The van der Waals surface area contributed by atoms with Crippen LogP contribution in [-0.4, -0.2) is 25.6 Å². The van der Waals surface area contributed by atoms with Crippen LogP contribution in [-0.2, 0) is 23.1 Å². The highest BCUT2D eigenvalue weighted by molar-refractivity contribution is 7.89. The molecular formula is C12H15ClN4O3S. The maximum atomic E-state index is 12.3. The fourth-order valence-corrected chi connectivity index (χ4v) is 3.24. The summed E-state index contributed by atoms with van der Waals surface area (Å²) in [6.07, 6.45) is 0. The Labute approximate surface area is 127 Å². The molecule has 21 heavy (non-hydrogen) atoms. The fourth-order valence-electron chi connectivity index (χ4n) is 1.71. The van der Waals surface area contributed by atoms with Gasteiger partial charge in [-0.15, -0.1) is 0 Å². The van der Waals surface area contributed by atoms with Crippen LogP contribution in [0.5, 0.6) is 0 Å². The van der Waals surface area contributed by atoms with E-state index >= 15 is 0 Å². The Hall–Kier alpha value is -1.48. The van der Waals surface area contributed by atoms with Crippen LogP contribution in [0.3, 0.4) is 0 Å². The molecule has 0 saturated heterocycles. The number of nitrogens with one attached hydrogen (secondary N) is 2. The van der Waals surface area contributed by atoms with Crippen LogP contribution in [0.1, 0.15) is 17.3 Å². The summed E-state index contributed by atoms with van der Waals surface area (Å²) in [4.78, 5) is 3.95. The van der Waals surface area contributed by atoms with Gasteiger partial charge in [0.15, 0.2) is 5.82 Å². The molecule has 9 heteroatoms. The van der Waals surface area contributed by atoms with Gasteiger partial charge in [0.25, 0.3) is 0 Å². The topological polar surface area (TPSA) is 97.1 Å². The van der Waals surface area contributed by atoms with E-state index in [4.69, 9.17) is 16.1 Å². The molecule has 0 amide bonds. The first-order chi connectivity index (χ1) is 9.92. The average Bonchev–Trinajstić information content (AvgIpc) is 2.85. The lowest BCUT2D eigenvalue weighted by molar-refractivity contribution is 0.372. The SMILES string of the molecule is CNCc1ccc(Cl)c(S(=O)(=O)NCc2nc(C)no2)c1. The molecular weight excluding hydrogens is 316 g/mol. The van der Waals surface area contributed by atoms with Crippen molar-refractivity contribution in [2.75, 3.05) is 7.05 Å². The van der Waals surface area contributed by atoms with Gasteiger partial charge in [0.05, 0.1) is 11.6 Å². The number of benzene rings is 1. The summed E-state index contributed by atoms with van der Waals surface area (Å²) in [5.74, 6) is 0.636. The van der Waals surface area contributed by atoms with Gasteiger partial charge in [-0.2, -0.15) is 4.98 Å². The molecule has 2 rings (SSSR count). The van der Waals surface area contributed by atoms with Crippen LogP contribution >= 0.6 is 11.6 Å². The summed E-state index contributed by atoms with van der Waals surface area (Å²) >= 11 is 5.98. The zero-order valence-corrected chi connectivity index (χ0v) is 13.1. The van der Waals surface area contributed by atoms with Gasteiger partial charge in [-0.25, -0.2) is 13.1 Å². The zero-order valence-electron chi connectivity index (χ0n) is 11.6. The second-order valence-corrected chi connectivity index (χ2v) is 6.50. The summed E-state index contributed by atoms with van der Waals surface area (Å²) in [5, 5.41) is 6.70. The van der Waals surface area contributed by atoms with Crippen LogP contribution in [0.15, 0.2) is 27.6 Å². The summed E-state index contributed by atoms with van der Waals surface area (Å²) in [6.45, 7) is 2.11. The van der Waals surface area contributed by atoms with Crippen molar-refractivity contribution in [3.63, 3.8) is 0 Å². The molecule has 0 aliphatic heterocycles. The molecule has 0 atom stereocenters. The van der Waals surface area contributed by atoms with Crippen LogP contribution < -0.4 is 10.0 Å². The van der Waals surface area contributed by atoms with Gasteiger partial charge >= 0.3 is 0 Å². The molecule has 1 aromatic carbocycles. The van der Waals surface area contributed by atoms with Crippen molar-refractivity contribution in [3.8, 4) is 0 Å². The van der Waals surface area contributed by atoms with Gasteiger partial charge in [-0.05, 0) is 31.7 Å². The molecule has 0 bridgehead atoms. The van der Waals surface area contributed by atoms with Gasteiger partial charge in [0, 0.05) is 6.54 Å². The molecule has 0 fully saturated rings. The zero-order chi connectivity index (χ0) is 15.5. The third-order valence-electron chi connectivity index (χ3n) is 2.65. The first-order valence-electron chi connectivity index (χ1n) is 6.14. The second kappa shape index (κ2) is 6.52. The molecule has 0 unspecified atom stereocenters. The van der Waals surface area contributed by atoms with E-state index in [1.54, 1.807) is 26.1 Å². The summed E-state index contributed by atoms with van der Waals surface area (Å²) < 4.78 is 31.8. The van der Waals surface area contributed by atoms with Crippen molar-refractivity contribution in [1.29, 1.82) is 0 Å². The molecule has 0 aliphatic carbocycles. The number of nitrogens with zero attached hydrogens (tertiary/aromatic N) is 2. The molecule has 1 aromatic heterocycles. The van der Waals surface area contributed by atoms with Crippen molar-refractivity contribution < 1.29 is 12.9 Å². The lowest BCUT2D eigenvalue weighted by Gasteiger charge is -2.09. The molecule has 0 saturated carbocycles. The molecule has 114 valence electrons. The van der Waals surface area contributed by atoms with E-state index < -0.39 is 10.0 Å². The minimum Gasteiger partial charge on any atom is -0.338 e. The number of aromatic nitrogens is 2. The maximum absolute atomic E-state index is 12.3. The van der Waals surface area contributed by atoms with Crippen LogP contribution in [0, 0.1) is 6.92 Å². The largest absolute Gasteiger partial charge is 0.338 e. The van der Waals surface area contributed by atoms with E-state index in [1.165, 1.54) is 6.07 Å². The van der Waals surface area contributed by atoms with E-state index in [0.717, 1.165) is 5.56 Å². The first-order valence-corrected chi connectivity index (χ1v) is 8.00. The van der Waals surface area contributed by atoms with Crippen molar-refractivity contribution in [2.24, 2.45) is 0 Å². The van der Waals surface area contributed by atoms with E-state index in [1.807, 2.05) is 0 Å². The minimum atomic E-state index is -3.76. The monoisotopic (exact) mass is 330 g/mol. The van der Waals surface area contributed by atoms with E-state index in [-0.39, 0.29) is 22.4 Å². The van der Waals surface area contributed by atoms with Crippen molar-refractivity contribution >= 4 is 21.6 Å². The lowest BCUT2D eigenvalue weighted by Crippen LogP contribution is -2.24. The van der Waals surface area contributed by atoms with Crippen LogP contribution in [0.2, 0.25) is 5.02 Å². The van der Waals surface area contributed by atoms with Crippen LogP contribution in [0.25, 0.3) is 0 Å². The van der Waals surface area contributed by atoms with Gasteiger partial charge in [-0.1, -0.05) is 22.8 Å². The van der Waals surface area contributed by atoms with Crippen LogP contribution in [0.4, 0.5) is 0 Å². The third kappa shape index (κ3) is 4.01. The smallest absolute Gasteiger partial charge is 0.242 e. The van der Waals surface area contributed by atoms with Gasteiger partial charge < -0.3 is 9.84 Å². The predicted octanol–water partition coefficient (Wildman–Crippen LogP) is 1.23. The Morgan fingerprint density at radius 1 is 1.33 bits per heavy atom. The highest BCUT2D eigenvalue weighted by Crippen LogP contribution is 2.22. The number of hydrogen-bond acceptors (Lipinski definition) is 6. The summed E-state index contributed by atoms with van der Waals surface area (Å²) in [7, 11) is -1.98. The van der Waals surface area contributed by atoms with E-state index in [0.29, 0.717) is 12.4 Å². The molecule has 1 heterocycles. The molecule has 0 aliphatic rings. The number of hydrogen-bond donors (Lipinski definition) is 2. The first kappa shape index (κ1) is 15.9.